The normalized spacial score (nSPS) is 19.3. The number of pyridine rings is 1. The lowest BCUT2D eigenvalue weighted by molar-refractivity contribution is 0.232. The van der Waals surface area contributed by atoms with Gasteiger partial charge >= 0.3 is 0 Å². The minimum absolute atomic E-state index is 0.281. The van der Waals surface area contributed by atoms with Crippen LogP contribution >= 0.6 is 23.2 Å². The number of nitrogens with zero attached hydrogens (tertiary/aromatic N) is 3. The number of halogens is 2. The SMILES string of the molecule is Cc1cc(C2=CNN3C2=CN(c2ccc(Cl)cc2Cl)C[C@@H]3C)ccn1. The van der Waals surface area contributed by atoms with Crippen molar-refractivity contribution in [2.75, 3.05) is 11.4 Å². The zero-order valence-corrected chi connectivity index (χ0v) is 15.5. The largest absolute Gasteiger partial charge is 0.342 e. The Morgan fingerprint density at radius 1 is 1.20 bits per heavy atom. The molecule has 0 aliphatic carbocycles. The minimum atomic E-state index is 0.281. The number of benzene rings is 1. The van der Waals surface area contributed by atoms with E-state index in [4.69, 9.17) is 23.2 Å². The minimum Gasteiger partial charge on any atom is -0.342 e. The molecule has 0 amide bonds. The molecule has 3 heterocycles. The van der Waals surface area contributed by atoms with Crippen molar-refractivity contribution in [3.63, 3.8) is 0 Å². The molecule has 128 valence electrons. The number of hydrogen-bond acceptors (Lipinski definition) is 4. The van der Waals surface area contributed by atoms with Crippen LogP contribution in [0.1, 0.15) is 18.2 Å². The standard InChI is InChI=1S/C19H18Cl2N4/c1-12-7-14(5-6-22-12)16-9-23-25-13(2)10-24(11-19(16)25)18-4-3-15(20)8-17(18)21/h3-9,11,13,23H,10H2,1-2H3/t13-/m0/s1. The van der Waals surface area contributed by atoms with Gasteiger partial charge in [0.2, 0.25) is 0 Å². The Labute approximate surface area is 157 Å². The summed E-state index contributed by atoms with van der Waals surface area (Å²) in [6.45, 7) is 5.02. The molecule has 1 N–H and O–H groups in total. The molecule has 4 nitrogen and oxygen atoms in total. The van der Waals surface area contributed by atoms with E-state index in [2.05, 4.69) is 39.5 Å². The quantitative estimate of drug-likeness (QED) is 0.833. The maximum Gasteiger partial charge on any atom is 0.0831 e. The van der Waals surface area contributed by atoms with Gasteiger partial charge < -0.3 is 10.3 Å². The van der Waals surface area contributed by atoms with Gasteiger partial charge in [0.05, 0.1) is 22.4 Å². The molecule has 4 rings (SSSR count). The highest BCUT2D eigenvalue weighted by Crippen LogP contribution is 2.37. The lowest BCUT2D eigenvalue weighted by Crippen LogP contribution is -2.47. The molecule has 1 aromatic carbocycles. The van der Waals surface area contributed by atoms with Gasteiger partial charge in [0.1, 0.15) is 0 Å². The number of anilines is 1. The molecule has 0 bridgehead atoms. The first-order valence-corrected chi connectivity index (χ1v) is 8.91. The monoisotopic (exact) mass is 372 g/mol. The van der Waals surface area contributed by atoms with Crippen LogP contribution in [-0.2, 0) is 0 Å². The highest BCUT2D eigenvalue weighted by molar-refractivity contribution is 6.36. The number of aryl methyl sites for hydroxylation is 1. The van der Waals surface area contributed by atoms with E-state index in [1.54, 1.807) is 6.07 Å². The lowest BCUT2D eigenvalue weighted by Gasteiger charge is -2.38. The van der Waals surface area contributed by atoms with E-state index >= 15 is 0 Å². The molecule has 2 aromatic rings. The summed E-state index contributed by atoms with van der Waals surface area (Å²) in [5.74, 6) is 0. The summed E-state index contributed by atoms with van der Waals surface area (Å²) in [6, 6.07) is 10.0. The number of nitrogens with one attached hydrogen (secondary N) is 1. The lowest BCUT2D eigenvalue weighted by atomic mass is 10.0. The van der Waals surface area contributed by atoms with Crippen molar-refractivity contribution >= 4 is 34.5 Å². The molecule has 2 aliphatic rings. The van der Waals surface area contributed by atoms with Crippen molar-refractivity contribution in [1.29, 1.82) is 0 Å². The molecule has 2 aliphatic heterocycles. The van der Waals surface area contributed by atoms with Crippen LogP contribution in [0.3, 0.4) is 0 Å². The summed E-state index contributed by atoms with van der Waals surface area (Å²) in [5.41, 5.74) is 8.74. The Morgan fingerprint density at radius 2 is 2.04 bits per heavy atom. The van der Waals surface area contributed by atoms with E-state index in [1.165, 1.54) is 0 Å². The fraction of sp³-hybridized carbons (Fsp3) is 0.211. The van der Waals surface area contributed by atoms with E-state index in [0.717, 1.165) is 34.8 Å². The van der Waals surface area contributed by atoms with Gasteiger partial charge in [-0.25, -0.2) is 0 Å². The van der Waals surface area contributed by atoms with E-state index < -0.39 is 0 Å². The first kappa shape index (κ1) is 16.3. The van der Waals surface area contributed by atoms with Gasteiger partial charge in [-0.2, -0.15) is 0 Å². The average molecular weight is 373 g/mol. The molecule has 1 aromatic heterocycles. The smallest absolute Gasteiger partial charge is 0.0831 e. The number of aromatic nitrogens is 1. The van der Waals surface area contributed by atoms with Gasteiger partial charge in [0.25, 0.3) is 0 Å². The summed E-state index contributed by atoms with van der Waals surface area (Å²) >= 11 is 12.5. The van der Waals surface area contributed by atoms with E-state index in [-0.39, 0.29) is 6.04 Å². The third kappa shape index (κ3) is 2.96. The van der Waals surface area contributed by atoms with Crippen LogP contribution in [0.25, 0.3) is 5.57 Å². The number of fused-ring (bicyclic) bond motifs is 1. The average Bonchev–Trinajstić information content (AvgIpc) is 2.99. The number of hydrazine groups is 1. The van der Waals surface area contributed by atoms with Gasteiger partial charge in [-0.1, -0.05) is 23.2 Å². The predicted molar refractivity (Wildman–Crippen MR) is 103 cm³/mol. The van der Waals surface area contributed by atoms with Crippen molar-refractivity contribution in [1.82, 2.24) is 15.4 Å². The highest BCUT2D eigenvalue weighted by atomic mass is 35.5. The van der Waals surface area contributed by atoms with Gasteiger partial charge in [0.15, 0.2) is 0 Å². The summed E-state index contributed by atoms with van der Waals surface area (Å²) < 4.78 is 0. The van der Waals surface area contributed by atoms with Crippen LogP contribution < -0.4 is 10.3 Å². The van der Waals surface area contributed by atoms with E-state index in [1.807, 2.05) is 37.5 Å². The van der Waals surface area contributed by atoms with Gasteiger partial charge in [0, 0.05) is 41.4 Å². The molecule has 0 saturated heterocycles. The Bertz CT molecular complexity index is 891. The second kappa shape index (κ2) is 6.28. The molecule has 1 atom stereocenters. The summed E-state index contributed by atoms with van der Waals surface area (Å²) in [6.07, 6.45) is 6.02. The molecular formula is C19H18Cl2N4. The van der Waals surface area contributed by atoms with Gasteiger partial charge in [-0.3, -0.25) is 9.99 Å². The third-order valence-corrected chi connectivity index (χ3v) is 5.03. The summed E-state index contributed by atoms with van der Waals surface area (Å²) in [4.78, 5) is 6.48. The van der Waals surface area contributed by atoms with Gasteiger partial charge in [-0.15, -0.1) is 0 Å². The van der Waals surface area contributed by atoms with Crippen LogP contribution in [0.5, 0.6) is 0 Å². The van der Waals surface area contributed by atoms with Crippen molar-refractivity contribution < 1.29 is 0 Å². The van der Waals surface area contributed by atoms with Crippen molar-refractivity contribution in [3.8, 4) is 0 Å². The van der Waals surface area contributed by atoms with Crippen molar-refractivity contribution in [3.05, 3.63) is 75.9 Å². The third-order valence-electron chi connectivity index (χ3n) is 4.49. The second-order valence-electron chi connectivity index (χ2n) is 6.35. The topological polar surface area (TPSA) is 31.4 Å². The maximum atomic E-state index is 6.42. The van der Waals surface area contributed by atoms with Crippen LogP contribution in [0.2, 0.25) is 10.0 Å². The first-order valence-electron chi connectivity index (χ1n) is 8.15. The molecule has 6 heteroatoms. The number of allylic oxidation sites excluding steroid dienone is 1. The predicted octanol–water partition coefficient (Wildman–Crippen LogP) is 4.61. The Hall–Kier alpha value is -2.17. The molecule has 25 heavy (non-hydrogen) atoms. The van der Waals surface area contributed by atoms with E-state index in [0.29, 0.717) is 10.0 Å². The van der Waals surface area contributed by atoms with Crippen molar-refractivity contribution in [2.45, 2.75) is 19.9 Å². The Kier molecular flexibility index (Phi) is 4.10. The zero-order valence-electron chi connectivity index (χ0n) is 14.0. The van der Waals surface area contributed by atoms with Crippen LogP contribution in [0.15, 0.2) is 54.6 Å². The Morgan fingerprint density at radius 3 is 2.80 bits per heavy atom. The second-order valence-corrected chi connectivity index (χ2v) is 7.20. The molecule has 0 unspecified atom stereocenters. The maximum absolute atomic E-state index is 6.42. The number of rotatable bonds is 2. The number of hydrogen-bond donors (Lipinski definition) is 1. The van der Waals surface area contributed by atoms with Crippen LogP contribution in [0, 0.1) is 6.92 Å². The van der Waals surface area contributed by atoms with Crippen molar-refractivity contribution in [2.24, 2.45) is 0 Å². The highest BCUT2D eigenvalue weighted by Gasteiger charge is 2.31. The molecule has 0 radical (unpaired) electrons. The zero-order chi connectivity index (χ0) is 17.6. The Balaban J connectivity index is 1.75. The molecule has 0 saturated carbocycles. The van der Waals surface area contributed by atoms with Crippen LogP contribution in [0.4, 0.5) is 5.69 Å². The molecular weight excluding hydrogens is 355 g/mol. The summed E-state index contributed by atoms with van der Waals surface area (Å²) in [7, 11) is 0. The fourth-order valence-corrected chi connectivity index (χ4v) is 3.81. The first-order chi connectivity index (χ1) is 12.0. The molecule has 0 spiro atoms. The molecule has 0 fully saturated rings. The summed E-state index contributed by atoms with van der Waals surface area (Å²) in [5, 5.41) is 3.48. The van der Waals surface area contributed by atoms with Crippen LogP contribution in [-0.4, -0.2) is 22.6 Å². The van der Waals surface area contributed by atoms with E-state index in [9.17, 15) is 0 Å². The fourth-order valence-electron chi connectivity index (χ4n) is 3.30. The van der Waals surface area contributed by atoms with Gasteiger partial charge in [-0.05, 0) is 49.7 Å².